The van der Waals surface area contributed by atoms with E-state index in [1.807, 2.05) is 0 Å². The van der Waals surface area contributed by atoms with Gasteiger partial charge in [0, 0.05) is 23.6 Å². The molecule has 2 aromatic carbocycles. The number of nitrogens with one attached hydrogen (secondary N) is 5. The van der Waals surface area contributed by atoms with Crippen LogP contribution in [0, 0.1) is 0 Å². The zero-order chi connectivity index (χ0) is 35.1. The van der Waals surface area contributed by atoms with E-state index in [9.17, 15) is 29.1 Å². The number of hydrogen-bond acceptors (Lipinski definition) is 9. The molecule has 0 fully saturated rings. The maximum Gasteiger partial charge on any atom is 0.407 e. The van der Waals surface area contributed by atoms with Crippen molar-refractivity contribution in [2.75, 3.05) is 31.6 Å². The Labute approximate surface area is 278 Å². The van der Waals surface area contributed by atoms with Crippen molar-refractivity contribution in [1.29, 1.82) is 0 Å². The fraction of sp³-hybridized carbons (Fsp3) is 0.406. The third kappa shape index (κ3) is 15.1. The van der Waals surface area contributed by atoms with Gasteiger partial charge in [0.1, 0.15) is 24.7 Å². The largest absolute Gasteiger partial charge is 0.449 e. The van der Waals surface area contributed by atoms with Crippen LogP contribution in [0.3, 0.4) is 0 Å². The monoisotopic (exact) mass is 666 g/mol. The number of alkyl carbamates (subject to hydrolysis) is 2. The molecule has 48 heavy (non-hydrogen) atoms. The lowest BCUT2D eigenvalue weighted by atomic mass is 10.0. The Balaban J connectivity index is 2.15. The standard InChI is InChI=1S/C32H42N8O8/c1-3-18-47-31(45)34-16-8-7-11-26(29(43)37-25-14-12-24(21-41)13-15-25)38-30(44)27(20-23-9-5-4-6-10-23)39-28(42)22(2)36-32(46)48-19-17-35-40-33/h3-6,9-10,12-15,22,26-27,41H,1,7-8,11,16-21H2,2H3,(H,34,45)(H,36,46)(H,37,43)(H,38,44)(H,39,42)/t22-,26+,27+/m1/s1. The molecule has 0 saturated carbocycles. The lowest BCUT2D eigenvalue weighted by molar-refractivity contribution is -0.131. The summed E-state index contributed by atoms with van der Waals surface area (Å²) in [5.41, 5.74) is 10.2. The molecule has 0 bridgehead atoms. The molecule has 0 radical (unpaired) electrons. The van der Waals surface area contributed by atoms with Gasteiger partial charge in [-0.2, -0.15) is 0 Å². The molecule has 0 aliphatic heterocycles. The van der Waals surface area contributed by atoms with Crippen LogP contribution in [0.25, 0.3) is 10.4 Å². The number of nitrogens with zero attached hydrogens (tertiary/aromatic N) is 3. The Bertz CT molecular complexity index is 1400. The van der Waals surface area contributed by atoms with Crippen LogP contribution in [0.2, 0.25) is 0 Å². The number of azide groups is 1. The van der Waals surface area contributed by atoms with Crippen molar-refractivity contribution >= 4 is 35.6 Å². The van der Waals surface area contributed by atoms with E-state index in [1.165, 1.54) is 13.0 Å². The number of carbonyl (C=O) groups excluding carboxylic acids is 5. The van der Waals surface area contributed by atoms with E-state index in [-0.39, 0.29) is 45.8 Å². The maximum absolute atomic E-state index is 13.7. The van der Waals surface area contributed by atoms with E-state index < -0.39 is 48.0 Å². The number of carbonyl (C=O) groups is 5. The van der Waals surface area contributed by atoms with Gasteiger partial charge >= 0.3 is 12.2 Å². The molecule has 3 atom stereocenters. The number of amides is 5. The molecule has 16 nitrogen and oxygen atoms in total. The highest BCUT2D eigenvalue weighted by atomic mass is 16.6. The zero-order valence-corrected chi connectivity index (χ0v) is 26.7. The molecule has 16 heteroatoms. The molecule has 2 rings (SSSR count). The molecule has 0 saturated heterocycles. The predicted molar refractivity (Wildman–Crippen MR) is 176 cm³/mol. The van der Waals surface area contributed by atoms with Crippen LogP contribution in [-0.2, 0) is 36.9 Å². The Hall–Kier alpha value is -5.60. The second kappa shape index (κ2) is 22.0. The predicted octanol–water partition coefficient (Wildman–Crippen LogP) is 2.84. The Morgan fingerprint density at radius 2 is 1.60 bits per heavy atom. The minimum absolute atomic E-state index is 0.0673. The third-order valence-corrected chi connectivity index (χ3v) is 6.69. The molecule has 5 amide bonds. The summed E-state index contributed by atoms with van der Waals surface area (Å²) in [6.45, 7) is 4.79. The molecule has 0 aliphatic carbocycles. The van der Waals surface area contributed by atoms with Crippen LogP contribution >= 0.6 is 0 Å². The molecule has 0 aliphatic rings. The van der Waals surface area contributed by atoms with Crippen molar-refractivity contribution < 1.29 is 38.6 Å². The van der Waals surface area contributed by atoms with Gasteiger partial charge in [0.2, 0.25) is 17.7 Å². The van der Waals surface area contributed by atoms with Crippen molar-refractivity contribution in [2.24, 2.45) is 5.11 Å². The first-order chi connectivity index (χ1) is 23.2. The highest BCUT2D eigenvalue weighted by molar-refractivity contribution is 5.98. The van der Waals surface area contributed by atoms with E-state index in [1.54, 1.807) is 54.6 Å². The van der Waals surface area contributed by atoms with Gasteiger partial charge in [-0.3, -0.25) is 14.4 Å². The van der Waals surface area contributed by atoms with Gasteiger partial charge in [0.25, 0.3) is 0 Å². The summed E-state index contributed by atoms with van der Waals surface area (Å²) in [5.74, 6) is -1.84. The van der Waals surface area contributed by atoms with E-state index in [0.717, 1.165) is 5.56 Å². The van der Waals surface area contributed by atoms with Crippen LogP contribution in [0.15, 0.2) is 72.4 Å². The molecule has 0 unspecified atom stereocenters. The summed E-state index contributed by atoms with van der Waals surface area (Å²) in [6.07, 6.45) is 1.10. The quantitative estimate of drug-likeness (QED) is 0.0403. The number of rotatable bonds is 20. The molecule has 2 aromatic rings. The first kappa shape index (κ1) is 38.6. The van der Waals surface area contributed by atoms with Gasteiger partial charge in [0.05, 0.1) is 19.8 Å². The first-order valence-electron chi connectivity index (χ1n) is 15.3. The maximum atomic E-state index is 13.7. The number of unbranched alkanes of at least 4 members (excludes halogenated alkanes) is 1. The van der Waals surface area contributed by atoms with E-state index in [0.29, 0.717) is 24.1 Å². The van der Waals surface area contributed by atoms with Crippen molar-refractivity contribution in [2.45, 2.75) is 57.3 Å². The van der Waals surface area contributed by atoms with Crippen LogP contribution < -0.4 is 26.6 Å². The number of hydrogen-bond donors (Lipinski definition) is 6. The summed E-state index contributed by atoms with van der Waals surface area (Å²) >= 11 is 0. The van der Waals surface area contributed by atoms with Crippen molar-refractivity contribution in [3.05, 3.63) is 88.8 Å². The summed E-state index contributed by atoms with van der Waals surface area (Å²) in [6, 6.07) is 12.2. The van der Waals surface area contributed by atoms with E-state index in [2.05, 4.69) is 43.2 Å². The van der Waals surface area contributed by atoms with Gasteiger partial charge in [-0.05, 0) is 55.0 Å². The van der Waals surface area contributed by atoms with Crippen molar-refractivity contribution in [3.8, 4) is 0 Å². The van der Waals surface area contributed by atoms with Gasteiger partial charge in [0.15, 0.2) is 0 Å². The van der Waals surface area contributed by atoms with Crippen molar-refractivity contribution in [3.63, 3.8) is 0 Å². The molecule has 6 N–H and O–H groups in total. The molecule has 0 heterocycles. The molecular weight excluding hydrogens is 624 g/mol. The van der Waals surface area contributed by atoms with Crippen LogP contribution in [0.5, 0.6) is 0 Å². The van der Waals surface area contributed by atoms with Crippen molar-refractivity contribution in [1.82, 2.24) is 21.3 Å². The smallest absolute Gasteiger partial charge is 0.407 e. The average molecular weight is 667 g/mol. The minimum Gasteiger partial charge on any atom is -0.449 e. The normalized spacial score (nSPS) is 12.1. The summed E-state index contributed by atoms with van der Waals surface area (Å²) in [5, 5.41) is 25.7. The molecule has 0 spiro atoms. The topological polar surface area (TPSA) is 233 Å². The molecular formula is C32H42N8O8. The van der Waals surface area contributed by atoms with Gasteiger partial charge in [-0.15, -0.1) is 0 Å². The van der Waals surface area contributed by atoms with Gasteiger partial charge < -0.3 is 41.2 Å². The number of anilines is 1. The van der Waals surface area contributed by atoms with Crippen LogP contribution in [-0.4, -0.2) is 79.4 Å². The molecule has 0 aromatic heterocycles. The summed E-state index contributed by atoms with van der Waals surface area (Å²) in [4.78, 5) is 66.5. The van der Waals surface area contributed by atoms with Gasteiger partial charge in [-0.1, -0.05) is 60.2 Å². The van der Waals surface area contributed by atoms with Crippen LogP contribution in [0.4, 0.5) is 15.3 Å². The summed E-state index contributed by atoms with van der Waals surface area (Å²) < 4.78 is 9.75. The highest BCUT2D eigenvalue weighted by Crippen LogP contribution is 2.12. The first-order valence-corrected chi connectivity index (χ1v) is 15.3. The highest BCUT2D eigenvalue weighted by Gasteiger charge is 2.29. The van der Waals surface area contributed by atoms with Crippen LogP contribution in [0.1, 0.15) is 37.3 Å². The fourth-order valence-corrected chi connectivity index (χ4v) is 4.18. The lowest BCUT2D eigenvalue weighted by Gasteiger charge is -2.25. The average Bonchev–Trinajstić information content (AvgIpc) is 3.08. The fourth-order valence-electron chi connectivity index (χ4n) is 4.18. The number of aliphatic hydroxyl groups is 1. The van der Waals surface area contributed by atoms with E-state index in [4.69, 9.17) is 15.0 Å². The Kier molecular flexibility index (Phi) is 17.7. The SMILES string of the molecule is C=CCOC(=O)NCCCC[C@H](NC(=O)[C@H](Cc1ccccc1)NC(=O)[C@@H](C)NC(=O)OCCN=[N+]=[N-])C(=O)Nc1ccc(CO)cc1. The lowest BCUT2D eigenvalue weighted by Crippen LogP contribution is -2.56. The van der Waals surface area contributed by atoms with Gasteiger partial charge in [-0.25, -0.2) is 9.59 Å². The number of aliphatic hydroxyl groups excluding tert-OH is 1. The Morgan fingerprint density at radius 3 is 2.27 bits per heavy atom. The summed E-state index contributed by atoms with van der Waals surface area (Å²) in [7, 11) is 0. The third-order valence-electron chi connectivity index (χ3n) is 6.69. The zero-order valence-electron chi connectivity index (χ0n) is 26.7. The number of ether oxygens (including phenoxy) is 2. The molecule has 258 valence electrons. The van der Waals surface area contributed by atoms with E-state index >= 15 is 0 Å². The second-order valence-corrected chi connectivity index (χ2v) is 10.4. The second-order valence-electron chi connectivity index (χ2n) is 10.4. The minimum atomic E-state index is -1.13. The number of benzene rings is 2. The Morgan fingerprint density at radius 1 is 0.896 bits per heavy atom.